The van der Waals surface area contributed by atoms with Crippen LogP contribution in [0.1, 0.15) is 62.3 Å². The van der Waals surface area contributed by atoms with E-state index in [1.807, 2.05) is 41.6 Å². The fourth-order valence-corrected chi connectivity index (χ4v) is 5.05. The van der Waals surface area contributed by atoms with Crippen molar-refractivity contribution in [1.29, 1.82) is 4.78 Å². The summed E-state index contributed by atoms with van der Waals surface area (Å²) in [5, 5.41) is 3.33. The van der Waals surface area contributed by atoms with Gasteiger partial charge in [-0.2, -0.15) is 0 Å². The second kappa shape index (κ2) is 14.8. The molecule has 0 radical (unpaired) electrons. The normalized spacial score (nSPS) is 14.7. The fourth-order valence-electron chi connectivity index (χ4n) is 4.11. The first-order chi connectivity index (χ1) is 17.1. The summed E-state index contributed by atoms with van der Waals surface area (Å²) in [6, 6.07) is 16.7. The van der Waals surface area contributed by atoms with E-state index in [9.17, 15) is 4.21 Å². The van der Waals surface area contributed by atoms with E-state index < -0.39 is 9.92 Å². The highest BCUT2D eigenvalue weighted by Gasteiger charge is 2.17. The van der Waals surface area contributed by atoms with Crippen LogP contribution < -0.4 is 5.32 Å². The van der Waals surface area contributed by atoms with Gasteiger partial charge in [-0.1, -0.05) is 87.4 Å². The molecule has 0 bridgehead atoms. The molecule has 0 aliphatic carbocycles. The van der Waals surface area contributed by atoms with Crippen LogP contribution in [0, 0.1) is 17.6 Å². The molecule has 2 N–H and O–H groups in total. The Bertz CT molecular complexity index is 1150. The number of nitrogens with zero attached hydrogens (tertiary/aromatic N) is 2. The van der Waals surface area contributed by atoms with E-state index in [2.05, 4.69) is 63.0 Å². The Morgan fingerprint density at radius 3 is 2.61 bits per heavy atom. The number of nitrogens with one attached hydrogen (secondary N) is 2. The van der Waals surface area contributed by atoms with Crippen LogP contribution in [0.2, 0.25) is 0 Å². The summed E-state index contributed by atoms with van der Waals surface area (Å²) in [6.07, 6.45) is 9.75. The van der Waals surface area contributed by atoms with Crippen molar-refractivity contribution in [1.82, 2.24) is 9.62 Å². The van der Waals surface area contributed by atoms with Crippen LogP contribution in [0.4, 0.5) is 0 Å². The van der Waals surface area contributed by atoms with Crippen LogP contribution in [0.15, 0.2) is 78.1 Å². The third-order valence-electron chi connectivity index (χ3n) is 6.05. The van der Waals surface area contributed by atoms with Gasteiger partial charge in [-0.3, -0.25) is 0 Å². The van der Waals surface area contributed by atoms with E-state index in [4.69, 9.17) is 9.77 Å². The Morgan fingerprint density at radius 2 is 1.94 bits per heavy atom. The molecule has 5 nitrogen and oxygen atoms in total. The standard InChI is InChI=1S/C30H44N4OS/c1-7-9-13-25(4)22-34(36(6,31)35)23-28-16-11-17-29(21-28)30(12-8-2)33-26(5)32-19-18-27-15-10-14-24(3)20-27/h8,10-12,14-17,20-21,25,31-32H,5,7,9,13,18-19,22-23H2,1-4,6H3/b12-8-,33-30+/t25-,36?/m0/s1. The van der Waals surface area contributed by atoms with Gasteiger partial charge in [0.15, 0.2) is 0 Å². The van der Waals surface area contributed by atoms with Crippen molar-refractivity contribution in [3.8, 4) is 0 Å². The average molecular weight is 509 g/mol. The SMILES string of the molecule is C=C(/N=C(\C=C/C)c1cccc(CN(C[C@@H](C)CCCC)S(C)(=N)=O)c1)NCCc1cccc(C)c1. The van der Waals surface area contributed by atoms with Gasteiger partial charge in [0.2, 0.25) is 0 Å². The maximum Gasteiger partial charge on any atom is 0.119 e. The Kier molecular flexibility index (Phi) is 12.1. The van der Waals surface area contributed by atoms with Crippen molar-refractivity contribution < 1.29 is 4.21 Å². The van der Waals surface area contributed by atoms with E-state index in [0.29, 0.717) is 24.8 Å². The molecular formula is C30H44N4OS. The number of aryl methyl sites for hydroxylation is 1. The summed E-state index contributed by atoms with van der Waals surface area (Å²) in [4.78, 5) is 4.75. The van der Waals surface area contributed by atoms with Gasteiger partial charge >= 0.3 is 0 Å². The van der Waals surface area contributed by atoms with E-state index in [1.165, 1.54) is 17.4 Å². The lowest BCUT2D eigenvalue weighted by atomic mass is 10.0. The molecule has 2 rings (SSSR count). The summed E-state index contributed by atoms with van der Waals surface area (Å²) in [5.74, 6) is 1.02. The minimum absolute atomic E-state index is 0.397. The van der Waals surface area contributed by atoms with Crippen LogP contribution in [0.5, 0.6) is 0 Å². The Labute approximate surface area is 219 Å². The molecule has 0 saturated carbocycles. The van der Waals surface area contributed by atoms with Gasteiger partial charge in [-0.25, -0.2) is 18.3 Å². The van der Waals surface area contributed by atoms with E-state index in [-0.39, 0.29) is 0 Å². The highest BCUT2D eigenvalue weighted by molar-refractivity contribution is 7.89. The topological polar surface area (TPSA) is 68.5 Å². The quantitative estimate of drug-likeness (QED) is 0.257. The number of rotatable bonds is 15. The number of aliphatic imine (C=N–C) groups is 1. The third kappa shape index (κ3) is 10.5. The first kappa shape index (κ1) is 29.5. The zero-order chi connectivity index (χ0) is 26.6. The van der Waals surface area contributed by atoms with Crippen molar-refractivity contribution in [3.05, 3.63) is 95.3 Å². The van der Waals surface area contributed by atoms with Gasteiger partial charge in [0.25, 0.3) is 0 Å². The molecule has 1 unspecified atom stereocenters. The zero-order valence-corrected chi connectivity index (χ0v) is 23.5. The number of allylic oxidation sites excluding steroid dienone is 2. The number of unbranched alkanes of at least 4 members (excludes halogenated alkanes) is 1. The first-order valence-corrected chi connectivity index (χ1v) is 14.8. The van der Waals surface area contributed by atoms with Crippen molar-refractivity contribution >= 4 is 15.6 Å². The lowest BCUT2D eigenvalue weighted by Crippen LogP contribution is -2.32. The third-order valence-corrected chi connectivity index (χ3v) is 7.31. The second-order valence-corrected chi connectivity index (χ2v) is 11.8. The molecule has 0 heterocycles. The highest BCUT2D eigenvalue weighted by Crippen LogP contribution is 2.17. The molecule has 2 atom stereocenters. The summed E-state index contributed by atoms with van der Waals surface area (Å²) < 4.78 is 22.8. The zero-order valence-electron chi connectivity index (χ0n) is 22.7. The smallest absolute Gasteiger partial charge is 0.119 e. The van der Waals surface area contributed by atoms with Crippen molar-refractivity contribution in [2.75, 3.05) is 19.3 Å². The molecule has 0 aliphatic rings. The number of hydrogen-bond donors (Lipinski definition) is 2. The van der Waals surface area contributed by atoms with Gasteiger partial charge in [0.05, 0.1) is 5.71 Å². The van der Waals surface area contributed by atoms with Crippen LogP contribution in [0.25, 0.3) is 0 Å². The lowest BCUT2D eigenvalue weighted by Gasteiger charge is -2.26. The van der Waals surface area contributed by atoms with Crippen molar-refractivity contribution in [2.24, 2.45) is 10.9 Å². The predicted molar refractivity (Wildman–Crippen MR) is 156 cm³/mol. The minimum Gasteiger partial charge on any atom is -0.370 e. The van der Waals surface area contributed by atoms with Crippen LogP contribution in [-0.4, -0.2) is 33.6 Å². The molecular weight excluding hydrogens is 464 g/mol. The maximum absolute atomic E-state index is 12.7. The Morgan fingerprint density at radius 1 is 1.22 bits per heavy atom. The predicted octanol–water partition coefficient (Wildman–Crippen LogP) is 6.88. The molecule has 196 valence electrons. The molecule has 0 aliphatic heterocycles. The molecule has 36 heavy (non-hydrogen) atoms. The average Bonchev–Trinajstić information content (AvgIpc) is 2.82. The van der Waals surface area contributed by atoms with Crippen molar-refractivity contribution in [2.45, 2.75) is 59.9 Å². The van der Waals surface area contributed by atoms with Gasteiger partial charge < -0.3 is 5.32 Å². The minimum atomic E-state index is -2.82. The van der Waals surface area contributed by atoms with Gasteiger partial charge in [0, 0.05) is 31.5 Å². The van der Waals surface area contributed by atoms with E-state index in [1.54, 1.807) is 0 Å². The molecule has 0 amide bonds. The highest BCUT2D eigenvalue weighted by atomic mass is 32.2. The monoisotopic (exact) mass is 508 g/mol. The van der Waals surface area contributed by atoms with E-state index in [0.717, 1.165) is 49.1 Å². The largest absolute Gasteiger partial charge is 0.370 e. The molecule has 0 aromatic heterocycles. The molecule has 0 saturated heterocycles. The van der Waals surface area contributed by atoms with Gasteiger partial charge in [0.1, 0.15) is 15.7 Å². The van der Waals surface area contributed by atoms with Gasteiger partial charge in [-0.05, 0) is 55.9 Å². The van der Waals surface area contributed by atoms with Crippen molar-refractivity contribution in [3.63, 3.8) is 0 Å². The van der Waals surface area contributed by atoms with Gasteiger partial charge in [-0.15, -0.1) is 0 Å². The van der Waals surface area contributed by atoms with E-state index >= 15 is 0 Å². The number of hydrogen-bond acceptors (Lipinski definition) is 4. The molecule has 2 aromatic carbocycles. The second-order valence-electron chi connectivity index (χ2n) is 9.68. The summed E-state index contributed by atoms with van der Waals surface area (Å²) >= 11 is 0. The molecule has 6 heteroatoms. The summed E-state index contributed by atoms with van der Waals surface area (Å²) in [5.41, 5.74) is 5.36. The Balaban J connectivity index is 2.13. The molecule has 2 aromatic rings. The molecule has 0 fully saturated rings. The summed E-state index contributed by atoms with van der Waals surface area (Å²) in [6.45, 7) is 14.4. The molecule has 0 spiro atoms. The van der Waals surface area contributed by atoms with Crippen LogP contribution in [0.3, 0.4) is 0 Å². The lowest BCUT2D eigenvalue weighted by molar-refractivity contribution is 0.347. The fraction of sp³-hybridized carbons (Fsp3) is 0.433. The summed E-state index contributed by atoms with van der Waals surface area (Å²) in [7, 11) is -2.82. The van der Waals surface area contributed by atoms with Crippen LogP contribution in [-0.2, 0) is 22.9 Å². The maximum atomic E-state index is 12.7. The van der Waals surface area contributed by atoms with Crippen LogP contribution >= 0.6 is 0 Å². The Hall–Kier alpha value is -2.70. The first-order valence-electron chi connectivity index (χ1n) is 12.9. The number of benzene rings is 2.